The molecule has 0 bridgehead atoms. The van der Waals surface area contributed by atoms with Crippen LogP contribution < -0.4 is 0 Å². The summed E-state index contributed by atoms with van der Waals surface area (Å²) in [6.07, 6.45) is 4.16. The van der Waals surface area contributed by atoms with Gasteiger partial charge in [-0.3, -0.25) is 0 Å². The molecule has 0 radical (unpaired) electrons. The third-order valence-electron chi connectivity index (χ3n) is 0.727. The van der Waals surface area contributed by atoms with E-state index in [1.807, 2.05) is 19.9 Å². The topological polar surface area (TPSA) is 17.1 Å². The maximum absolute atomic E-state index is 9.58. The first-order chi connectivity index (χ1) is 3.77. The van der Waals surface area contributed by atoms with Gasteiger partial charge in [-0.25, -0.2) is 4.79 Å². The molecule has 44 valence electrons. The maximum atomic E-state index is 9.58. The molecule has 0 aromatic heterocycles. The van der Waals surface area contributed by atoms with Gasteiger partial charge in [-0.05, 0) is 20.3 Å². The van der Waals surface area contributed by atoms with Crippen LogP contribution >= 0.6 is 0 Å². The van der Waals surface area contributed by atoms with Crippen molar-refractivity contribution in [3.8, 4) is 0 Å². The number of carbonyl (C=O) groups excluding carboxylic acids is 1. The van der Waals surface area contributed by atoms with Crippen molar-refractivity contribution >= 4 is 5.94 Å². The van der Waals surface area contributed by atoms with Crippen LogP contribution in [0.15, 0.2) is 17.7 Å². The van der Waals surface area contributed by atoms with Gasteiger partial charge in [0.2, 0.25) is 0 Å². The minimum Gasteiger partial charge on any atom is -0.234 e. The van der Waals surface area contributed by atoms with E-state index in [9.17, 15) is 4.79 Å². The van der Waals surface area contributed by atoms with E-state index in [0.29, 0.717) is 6.42 Å². The summed E-state index contributed by atoms with van der Waals surface area (Å²) < 4.78 is 0. The lowest BCUT2D eigenvalue weighted by Gasteiger charge is -1.81. The van der Waals surface area contributed by atoms with Gasteiger partial charge < -0.3 is 0 Å². The van der Waals surface area contributed by atoms with E-state index in [1.54, 1.807) is 5.94 Å². The van der Waals surface area contributed by atoms with Crippen molar-refractivity contribution < 1.29 is 4.79 Å². The van der Waals surface area contributed by atoms with Crippen LogP contribution in [0, 0.1) is 0 Å². The average molecular weight is 110 g/mol. The zero-order valence-corrected chi connectivity index (χ0v) is 5.27. The fourth-order valence-corrected chi connectivity index (χ4v) is 0.343. The Morgan fingerprint density at radius 1 is 1.62 bits per heavy atom. The van der Waals surface area contributed by atoms with E-state index < -0.39 is 0 Å². The summed E-state index contributed by atoms with van der Waals surface area (Å²) in [5.74, 6) is 1.70. The van der Waals surface area contributed by atoms with E-state index in [-0.39, 0.29) is 0 Å². The molecule has 0 saturated heterocycles. The Hall–Kier alpha value is -0.810. The summed E-state index contributed by atoms with van der Waals surface area (Å²) in [6.45, 7) is 4.00. The van der Waals surface area contributed by atoms with Crippen molar-refractivity contribution in [3.63, 3.8) is 0 Å². The van der Waals surface area contributed by atoms with Crippen LogP contribution in [0.2, 0.25) is 0 Å². The zero-order chi connectivity index (χ0) is 6.41. The Morgan fingerprint density at radius 2 is 2.25 bits per heavy atom. The molecule has 0 heterocycles. The molecule has 0 aromatic rings. The standard InChI is InChI=1S/C7H10O/c1-7(2)5-3-4-6-8/h4-5H,3H2,1-2H3. The molecule has 0 aromatic carbocycles. The van der Waals surface area contributed by atoms with Gasteiger partial charge in [-0.15, -0.1) is 0 Å². The van der Waals surface area contributed by atoms with Gasteiger partial charge >= 0.3 is 0 Å². The number of hydrogen-bond acceptors (Lipinski definition) is 1. The SMILES string of the molecule is CC(C)=CCC=C=O. The molecule has 0 atom stereocenters. The summed E-state index contributed by atoms with van der Waals surface area (Å²) in [5.41, 5.74) is 1.23. The summed E-state index contributed by atoms with van der Waals surface area (Å²) in [7, 11) is 0. The largest absolute Gasteiger partial charge is 0.234 e. The Bertz CT molecular complexity index is 123. The van der Waals surface area contributed by atoms with Crippen LogP contribution in [-0.2, 0) is 4.79 Å². The van der Waals surface area contributed by atoms with Crippen LogP contribution in [0.1, 0.15) is 20.3 Å². The van der Waals surface area contributed by atoms with Crippen LogP contribution in [0.5, 0.6) is 0 Å². The fourth-order valence-electron chi connectivity index (χ4n) is 0.343. The summed E-state index contributed by atoms with van der Waals surface area (Å²) in [4.78, 5) is 9.58. The van der Waals surface area contributed by atoms with Gasteiger partial charge in [-0.2, -0.15) is 0 Å². The van der Waals surface area contributed by atoms with E-state index in [4.69, 9.17) is 0 Å². The summed E-state index contributed by atoms with van der Waals surface area (Å²) in [5, 5.41) is 0. The van der Waals surface area contributed by atoms with Crippen molar-refractivity contribution in [3.05, 3.63) is 17.7 Å². The van der Waals surface area contributed by atoms with Crippen molar-refractivity contribution in [1.82, 2.24) is 0 Å². The predicted molar refractivity (Wildman–Crippen MR) is 34.3 cm³/mol. The first-order valence-corrected chi connectivity index (χ1v) is 2.60. The molecule has 0 unspecified atom stereocenters. The molecule has 1 nitrogen and oxygen atoms in total. The van der Waals surface area contributed by atoms with Crippen molar-refractivity contribution in [2.24, 2.45) is 0 Å². The quantitative estimate of drug-likeness (QED) is 0.391. The maximum Gasteiger partial charge on any atom is 0.120 e. The lowest BCUT2D eigenvalue weighted by Crippen LogP contribution is -1.62. The highest BCUT2D eigenvalue weighted by Gasteiger charge is 1.72. The molecule has 0 aliphatic heterocycles. The van der Waals surface area contributed by atoms with E-state index in [0.717, 1.165) is 0 Å². The second-order valence-electron chi connectivity index (χ2n) is 1.84. The second-order valence-corrected chi connectivity index (χ2v) is 1.84. The second kappa shape index (κ2) is 4.35. The minimum absolute atomic E-state index is 0.714. The monoisotopic (exact) mass is 110 g/mol. The molecule has 0 saturated carbocycles. The summed E-state index contributed by atoms with van der Waals surface area (Å²) in [6, 6.07) is 0. The molecule has 0 aliphatic rings. The first kappa shape index (κ1) is 7.19. The van der Waals surface area contributed by atoms with Gasteiger partial charge in [0.05, 0.1) is 0 Å². The van der Waals surface area contributed by atoms with Crippen molar-refractivity contribution in [2.45, 2.75) is 20.3 Å². The molecular weight excluding hydrogens is 100 g/mol. The van der Waals surface area contributed by atoms with Crippen molar-refractivity contribution in [1.29, 1.82) is 0 Å². The van der Waals surface area contributed by atoms with Gasteiger partial charge in [0.25, 0.3) is 0 Å². The molecule has 0 fully saturated rings. The Kier molecular flexibility index (Phi) is 3.91. The molecule has 0 N–H and O–H groups in total. The molecular formula is C7H10O. The average Bonchev–Trinajstić information content (AvgIpc) is 1.66. The molecule has 1 heteroatoms. The third kappa shape index (κ3) is 5.19. The Labute approximate surface area is 49.7 Å². The summed E-state index contributed by atoms with van der Waals surface area (Å²) >= 11 is 0. The highest BCUT2D eigenvalue weighted by Crippen LogP contribution is 1.90. The lowest BCUT2D eigenvalue weighted by molar-refractivity contribution is 0.568. The van der Waals surface area contributed by atoms with Crippen LogP contribution in [0.25, 0.3) is 0 Å². The molecule has 0 rings (SSSR count). The number of rotatable bonds is 2. The van der Waals surface area contributed by atoms with E-state index in [1.165, 1.54) is 11.6 Å². The van der Waals surface area contributed by atoms with Crippen LogP contribution in [0.4, 0.5) is 0 Å². The minimum atomic E-state index is 0.714. The fraction of sp³-hybridized carbons (Fsp3) is 0.429. The zero-order valence-electron chi connectivity index (χ0n) is 5.27. The van der Waals surface area contributed by atoms with Gasteiger partial charge in [0.15, 0.2) is 0 Å². The lowest BCUT2D eigenvalue weighted by atomic mass is 10.3. The van der Waals surface area contributed by atoms with Gasteiger partial charge in [0, 0.05) is 6.08 Å². The van der Waals surface area contributed by atoms with E-state index in [2.05, 4.69) is 0 Å². The van der Waals surface area contributed by atoms with Gasteiger partial charge in [0.1, 0.15) is 5.94 Å². The Balaban J connectivity index is 3.44. The molecule has 0 spiro atoms. The van der Waals surface area contributed by atoms with Crippen LogP contribution in [0.3, 0.4) is 0 Å². The Morgan fingerprint density at radius 3 is 2.62 bits per heavy atom. The normalized spacial score (nSPS) is 7.25. The predicted octanol–water partition coefficient (Wildman–Crippen LogP) is 1.73. The van der Waals surface area contributed by atoms with Crippen molar-refractivity contribution in [2.75, 3.05) is 0 Å². The third-order valence-corrected chi connectivity index (χ3v) is 0.727. The van der Waals surface area contributed by atoms with Crippen LogP contribution in [-0.4, -0.2) is 5.94 Å². The highest BCUT2D eigenvalue weighted by molar-refractivity contribution is 5.45. The number of hydrogen-bond donors (Lipinski definition) is 0. The van der Waals surface area contributed by atoms with Gasteiger partial charge in [-0.1, -0.05) is 11.6 Å². The first-order valence-electron chi connectivity index (χ1n) is 2.60. The van der Waals surface area contributed by atoms with E-state index >= 15 is 0 Å². The smallest absolute Gasteiger partial charge is 0.120 e. The molecule has 0 aliphatic carbocycles. The molecule has 0 amide bonds. The number of allylic oxidation sites excluding steroid dienone is 3. The highest BCUT2D eigenvalue weighted by atomic mass is 16.1. The molecule has 8 heavy (non-hydrogen) atoms.